The van der Waals surface area contributed by atoms with Gasteiger partial charge in [0.1, 0.15) is 5.76 Å². The van der Waals surface area contributed by atoms with E-state index in [0.29, 0.717) is 29.7 Å². The summed E-state index contributed by atoms with van der Waals surface area (Å²) in [7, 11) is 0. The standard InChI is InChI=1S/C17H18N2O5/c1-9-13-10(20)7-17(2,3)8-12(13)24-14(9)16(22)19-18-15(21)11-5-4-6-23-11/h4-6H,7-8H2,1-3H3,(H,18,21)(H,19,22). The predicted octanol–water partition coefficient (Wildman–Crippen LogP) is 2.41. The molecule has 0 radical (unpaired) electrons. The van der Waals surface area contributed by atoms with Crippen LogP contribution < -0.4 is 10.9 Å². The lowest BCUT2D eigenvalue weighted by Crippen LogP contribution is -2.41. The maximum Gasteiger partial charge on any atom is 0.305 e. The lowest BCUT2D eigenvalue weighted by atomic mass is 9.76. The van der Waals surface area contributed by atoms with Crippen LogP contribution in [0.15, 0.2) is 27.2 Å². The van der Waals surface area contributed by atoms with E-state index in [9.17, 15) is 14.4 Å². The van der Waals surface area contributed by atoms with Crippen molar-refractivity contribution >= 4 is 17.6 Å². The molecule has 2 aromatic rings. The Morgan fingerprint density at radius 2 is 1.88 bits per heavy atom. The Bertz CT molecular complexity index is 814. The minimum absolute atomic E-state index is 0.0267. The summed E-state index contributed by atoms with van der Waals surface area (Å²) in [5, 5.41) is 0. The zero-order valence-corrected chi connectivity index (χ0v) is 13.7. The molecule has 7 heteroatoms. The number of hydrogen-bond donors (Lipinski definition) is 2. The third-order valence-electron chi connectivity index (χ3n) is 4.02. The highest BCUT2D eigenvalue weighted by atomic mass is 16.4. The van der Waals surface area contributed by atoms with Gasteiger partial charge < -0.3 is 8.83 Å². The van der Waals surface area contributed by atoms with E-state index >= 15 is 0 Å². The molecule has 0 aromatic carbocycles. The Hall–Kier alpha value is -2.83. The molecule has 0 unspecified atom stereocenters. The van der Waals surface area contributed by atoms with Crippen LogP contribution in [0, 0.1) is 12.3 Å². The molecule has 0 aliphatic heterocycles. The summed E-state index contributed by atoms with van der Waals surface area (Å²) in [6.07, 6.45) is 2.35. The quantitative estimate of drug-likeness (QED) is 0.823. The molecule has 0 saturated carbocycles. The number of furan rings is 2. The summed E-state index contributed by atoms with van der Waals surface area (Å²) in [5.41, 5.74) is 5.29. The smallest absolute Gasteiger partial charge is 0.305 e. The van der Waals surface area contributed by atoms with Gasteiger partial charge in [0, 0.05) is 18.4 Å². The number of amides is 2. The molecule has 1 aliphatic rings. The van der Waals surface area contributed by atoms with Gasteiger partial charge in [0.2, 0.25) is 0 Å². The van der Waals surface area contributed by atoms with Gasteiger partial charge >= 0.3 is 11.8 Å². The first-order valence-corrected chi connectivity index (χ1v) is 7.58. The van der Waals surface area contributed by atoms with E-state index in [-0.39, 0.29) is 22.7 Å². The van der Waals surface area contributed by atoms with Crippen molar-refractivity contribution in [3.63, 3.8) is 0 Å². The first-order valence-electron chi connectivity index (χ1n) is 7.58. The number of nitrogens with one attached hydrogen (secondary N) is 2. The highest BCUT2D eigenvalue weighted by Crippen LogP contribution is 2.38. The zero-order valence-electron chi connectivity index (χ0n) is 13.7. The molecule has 3 rings (SSSR count). The SMILES string of the molecule is Cc1c(C(=O)NNC(=O)c2ccco2)oc2c1C(=O)CC(C)(C)C2. The highest BCUT2D eigenvalue weighted by molar-refractivity contribution is 6.04. The van der Waals surface area contributed by atoms with Crippen molar-refractivity contribution in [3.05, 3.63) is 46.8 Å². The summed E-state index contributed by atoms with van der Waals surface area (Å²) in [6.45, 7) is 5.63. The third-order valence-corrected chi connectivity index (χ3v) is 4.02. The molecule has 2 heterocycles. The number of hydrogen-bond acceptors (Lipinski definition) is 5. The minimum atomic E-state index is -0.618. The van der Waals surface area contributed by atoms with E-state index in [2.05, 4.69) is 10.9 Å². The highest BCUT2D eigenvalue weighted by Gasteiger charge is 2.37. The molecule has 24 heavy (non-hydrogen) atoms. The fraction of sp³-hybridized carbons (Fsp3) is 0.353. The predicted molar refractivity (Wildman–Crippen MR) is 83.5 cm³/mol. The van der Waals surface area contributed by atoms with Crippen molar-refractivity contribution in [2.24, 2.45) is 5.41 Å². The molecule has 0 spiro atoms. The first-order chi connectivity index (χ1) is 11.3. The minimum Gasteiger partial charge on any atom is -0.459 e. The summed E-state index contributed by atoms with van der Waals surface area (Å²) in [4.78, 5) is 36.3. The van der Waals surface area contributed by atoms with Gasteiger partial charge in [0.15, 0.2) is 17.3 Å². The van der Waals surface area contributed by atoms with Crippen LogP contribution in [0.25, 0.3) is 0 Å². The van der Waals surface area contributed by atoms with Crippen molar-refractivity contribution in [2.75, 3.05) is 0 Å². The number of fused-ring (bicyclic) bond motifs is 1. The summed E-state index contributed by atoms with van der Waals surface area (Å²) in [6, 6.07) is 3.04. The van der Waals surface area contributed by atoms with Crippen LogP contribution in [0.1, 0.15) is 63.1 Å². The number of ketones is 1. The van der Waals surface area contributed by atoms with Crippen molar-refractivity contribution in [1.29, 1.82) is 0 Å². The van der Waals surface area contributed by atoms with Gasteiger partial charge in [0.05, 0.1) is 11.8 Å². The molecule has 2 N–H and O–H groups in total. The van der Waals surface area contributed by atoms with Crippen LogP contribution in [0.2, 0.25) is 0 Å². The lowest BCUT2D eigenvalue weighted by Gasteiger charge is -2.27. The number of rotatable bonds is 2. The normalized spacial score (nSPS) is 15.7. The Morgan fingerprint density at radius 3 is 2.54 bits per heavy atom. The molecule has 1 aliphatic carbocycles. The summed E-state index contributed by atoms with van der Waals surface area (Å²) in [5.74, 6) is -0.599. The molecule has 0 atom stereocenters. The van der Waals surface area contributed by atoms with Gasteiger partial charge in [-0.1, -0.05) is 13.8 Å². The maximum atomic E-state index is 12.3. The molecule has 0 fully saturated rings. The summed E-state index contributed by atoms with van der Waals surface area (Å²) < 4.78 is 10.5. The second-order valence-electron chi connectivity index (χ2n) is 6.68. The molecule has 2 amide bonds. The molecular formula is C17H18N2O5. The Balaban J connectivity index is 1.77. The van der Waals surface area contributed by atoms with E-state index < -0.39 is 11.8 Å². The molecule has 126 valence electrons. The van der Waals surface area contributed by atoms with Crippen molar-refractivity contribution in [1.82, 2.24) is 10.9 Å². The number of hydrazine groups is 1. The molecular weight excluding hydrogens is 312 g/mol. The average Bonchev–Trinajstić information content (AvgIpc) is 3.11. The van der Waals surface area contributed by atoms with Gasteiger partial charge in [-0.25, -0.2) is 0 Å². The van der Waals surface area contributed by atoms with Crippen molar-refractivity contribution in [2.45, 2.75) is 33.6 Å². The van der Waals surface area contributed by atoms with E-state index in [1.54, 1.807) is 13.0 Å². The Labute approximate surface area is 138 Å². The molecule has 0 saturated heterocycles. The van der Waals surface area contributed by atoms with Crippen LogP contribution in [-0.4, -0.2) is 17.6 Å². The van der Waals surface area contributed by atoms with Crippen LogP contribution >= 0.6 is 0 Å². The fourth-order valence-corrected chi connectivity index (χ4v) is 2.94. The molecule has 2 aromatic heterocycles. The number of carbonyl (C=O) groups is 3. The summed E-state index contributed by atoms with van der Waals surface area (Å²) >= 11 is 0. The largest absolute Gasteiger partial charge is 0.459 e. The second-order valence-corrected chi connectivity index (χ2v) is 6.68. The third kappa shape index (κ3) is 2.84. The van der Waals surface area contributed by atoms with E-state index in [1.165, 1.54) is 12.3 Å². The Kier molecular flexibility index (Phi) is 3.79. The van der Waals surface area contributed by atoms with Gasteiger partial charge in [-0.2, -0.15) is 0 Å². The Morgan fingerprint density at radius 1 is 1.17 bits per heavy atom. The van der Waals surface area contributed by atoms with Gasteiger partial charge in [0.25, 0.3) is 0 Å². The van der Waals surface area contributed by atoms with Crippen molar-refractivity contribution in [3.8, 4) is 0 Å². The fourth-order valence-electron chi connectivity index (χ4n) is 2.94. The molecule has 0 bridgehead atoms. The van der Waals surface area contributed by atoms with Gasteiger partial charge in [-0.3, -0.25) is 25.2 Å². The average molecular weight is 330 g/mol. The van der Waals surface area contributed by atoms with Crippen LogP contribution in [-0.2, 0) is 6.42 Å². The van der Waals surface area contributed by atoms with Gasteiger partial charge in [-0.15, -0.1) is 0 Å². The lowest BCUT2D eigenvalue weighted by molar-refractivity contribution is 0.0814. The van der Waals surface area contributed by atoms with E-state index in [1.807, 2.05) is 13.8 Å². The van der Waals surface area contributed by atoms with Crippen LogP contribution in [0.5, 0.6) is 0 Å². The second kappa shape index (κ2) is 5.67. The molecule has 7 nitrogen and oxygen atoms in total. The van der Waals surface area contributed by atoms with E-state index in [4.69, 9.17) is 8.83 Å². The van der Waals surface area contributed by atoms with Crippen LogP contribution in [0.3, 0.4) is 0 Å². The topological polar surface area (TPSA) is 102 Å². The van der Waals surface area contributed by atoms with Gasteiger partial charge in [-0.05, 0) is 24.5 Å². The number of Topliss-reactive ketones (excluding diaryl/α,β-unsaturated/α-hetero) is 1. The van der Waals surface area contributed by atoms with Crippen molar-refractivity contribution < 1.29 is 23.2 Å². The zero-order chi connectivity index (χ0) is 17.5. The van der Waals surface area contributed by atoms with Crippen LogP contribution in [0.4, 0.5) is 0 Å². The first kappa shape index (κ1) is 16.0. The monoisotopic (exact) mass is 330 g/mol. The van der Waals surface area contributed by atoms with E-state index in [0.717, 1.165) is 0 Å². The number of carbonyl (C=O) groups excluding carboxylic acids is 3. The maximum absolute atomic E-state index is 12.3.